The molecular formula is C34H21N5. The summed E-state index contributed by atoms with van der Waals surface area (Å²) in [4.78, 5) is 19.4. The van der Waals surface area contributed by atoms with E-state index in [0.717, 1.165) is 72.1 Å². The fraction of sp³-hybridized carbons (Fsp3) is 0. The van der Waals surface area contributed by atoms with Crippen LogP contribution in [0.25, 0.3) is 72.1 Å². The number of rotatable bonds is 3. The van der Waals surface area contributed by atoms with Crippen LogP contribution in [0.5, 0.6) is 0 Å². The zero-order valence-electron chi connectivity index (χ0n) is 20.9. The van der Waals surface area contributed by atoms with Gasteiger partial charge in [0.1, 0.15) is 11.3 Å². The third-order valence-electron chi connectivity index (χ3n) is 7.31. The second-order valence-electron chi connectivity index (χ2n) is 9.60. The first-order chi connectivity index (χ1) is 19.3. The van der Waals surface area contributed by atoms with E-state index < -0.39 is 0 Å². The molecule has 8 aromatic rings. The number of pyridine rings is 4. The molecule has 0 unspecified atom stereocenters. The third kappa shape index (κ3) is 3.48. The van der Waals surface area contributed by atoms with Crippen LogP contribution in [0.2, 0.25) is 0 Å². The van der Waals surface area contributed by atoms with Crippen LogP contribution in [0.4, 0.5) is 0 Å². The second kappa shape index (κ2) is 8.57. The molecule has 0 bridgehead atoms. The zero-order chi connectivity index (χ0) is 25.8. The van der Waals surface area contributed by atoms with E-state index in [4.69, 9.17) is 15.0 Å². The molecule has 5 heteroatoms. The third-order valence-corrected chi connectivity index (χ3v) is 7.31. The summed E-state index contributed by atoms with van der Waals surface area (Å²) in [5.41, 5.74) is 8.52. The molecule has 0 spiro atoms. The molecule has 182 valence electrons. The number of hydrogen-bond acceptors (Lipinski definition) is 4. The van der Waals surface area contributed by atoms with Gasteiger partial charge in [0.05, 0.1) is 28.1 Å². The minimum Gasteiger partial charge on any atom is -0.299 e. The van der Waals surface area contributed by atoms with Gasteiger partial charge in [-0.05, 0) is 35.7 Å². The Balaban J connectivity index is 1.28. The lowest BCUT2D eigenvalue weighted by molar-refractivity contribution is 1.19. The molecule has 3 aromatic carbocycles. The molecular weight excluding hydrogens is 478 g/mol. The highest BCUT2D eigenvalue weighted by Gasteiger charge is 2.19. The number of benzene rings is 3. The van der Waals surface area contributed by atoms with Gasteiger partial charge >= 0.3 is 0 Å². The lowest BCUT2D eigenvalue weighted by atomic mass is 10.0. The Kier molecular flexibility index (Phi) is 4.76. The zero-order valence-corrected chi connectivity index (χ0v) is 20.9. The average Bonchev–Trinajstić information content (AvgIpc) is 3.40. The molecule has 39 heavy (non-hydrogen) atoms. The van der Waals surface area contributed by atoms with Crippen LogP contribution in [0.1, 0.15) is 0 Å². The standard InChI is InChI=1S/C34H21N5/c1-2-8-27-22(6-1)18-20-36-32(27)33-34(39-21-4-3-9-29(39)38-33)26-14-10-23(11-15-26)28-17-16-25-13-12-24-7-5-19-35-30(24)31(25)37-28/h1-21H. The van der Waals surface area contributed by atoms with E-state index in [9.17, 15) is 0 Å². The first kappa shape index (κ1) is 21.6. The van der Waals surface area contributed by atoms with Crippen LogP contribution < -0.4 is 0 Å². The molecule has 0 N–H and O–H groups in total. The smallest absolute Gasteiger partial charge is 0.138 e. The molecule has 0 saturated heterocycles. The summed E-state index contributed by atoms with van der Waals surface area (Å²) >= 11 is 0. The van der Waals surface area contributed by atoms with Crippen LogP contribution in [0.3, 0.4) is 0 Å². The van der Waals surface area contributed by atoms with Crippen molar-refractivity contribution in [2.75, 3.05) is 0 Å². The Morgan fingerprint density at radius 2 is 1.26 bits per heavy atom. The van der Waals surface area contributed by atoms with Gasteiger partial charge in [-0.1, -0.05) is 78.9 Å². The van der Waals surface area contributed by atoms with Gasteiger partial charge < -0.3 is 0 Å². The molecule has 0 aliphatic carbocycles. The molecule has 5 heterocycles. The molecule has 5 nitrogen and oxygen atoms in total. The quantitative estimate of drug-likeness (QED) is 0.231. The highest BCUT2D eigenvalue weighted by Crippen LogP contribution is 2.36. The molecule has 0 radical (unpaired) electrons. The molecule has 0 amide bonds. The molecule has 0 aliphatic heterocycles. The van der Waals surface area contributed by atoms with Crippen LogP contribution in [0.15, 0.2) is 128 Å². The predicted octanol–water partition coefficient (Wildman–Crippen LogP) is 7.98. The van der Waals surface area contributed by atoms with Crippen molar-refractivity contribution in [1.82, 2.24) is 24.3 Å². The van der Waals surface area contributed by atoms with Crippen molar-refractivity contribution in [1.29, 1.82) is 0 Å². The topological polar surface area (TPSA) is 56.0 Å². The van der Waals surface area contributed by atoms with E-state index in [2.05, 4.69) is 88.4 Å². The van der Waals surface area contributed by atoms with Gasteiger partial charge in [-0.2, -0.15) is 0 Å². The van der Waals surface area contributed by atoms with Crippen molar-refractivity contribution in [3.8, 4) is 33.9 Å². The summed E-state index contributed by atoms with van der Waals surface area (Å²) in [6.07, 6.45) is 5.74. The van der Waals surface area contributed by atoms with Crippen molar-refractivity contribution >= 4 is 38.2 Å². The maximum absolute atomic E-state index is 5.03. The van der Waals surface area contributed by atoms with Gasteiger partial charge in [0.25, 0.3) is 0 Å². The van der Waals surface area contributed by atoms with Crippen molar-refractivity contribution in [2.45, 2.75) is 0 Å². The Hall–Kier alpha value is -5.42. The number of fused-ring (bicyclic) bond motifs is 5. The molecule has 0 atom stereocenters. The van der Waals surface area contributed by atoms with Crippen molar-refractivity contribution in [3.63, 3.8) is 0 Å². The molecule has 8 rings (SSSR count). The average molecular weight is 500 g/mol. The van der Waals surface area contributed by atoms with Gasteiger partial charge in [0.15, 0.2) is 0 Å². The van der Waals surface area contributed by atoms with E-state index in [1.807, 2.05) is 48.8 Å². The van der Waals surface area contributed by atoms with E-state index in [1.54, 1.807) is 0 Å². The molecule has 0 aliphatic rings. The van der Waals surface area contributed by atoms with Crippen LogP contribution >= 0.6 is 0 Å². The van der Waals surface area contributed by atoms with Crippen molar-refractivity contribution < 1.29 is 0 Å². The monoisotopic (exact) mass is 499 g/mol. The first-order valence-electron chi connectivity index (χ1n) is 12.9. The highest BCUT2D eigenvalue weighted by atomic mass is 15.0. The van der Waals surface area contributed by atoms with Gasteiger partial charge in [0, 0.05) is 45.9 Å². The lowest BCUT2D eigenvalue weighted by Gasteiger charge is -2.09. The van der Waals surface area contributed by atoms with E-state index >= 15 is 0 Å². The van der Waals surface area contributed by atoms with E-state index in [0.29, 0.717) is 0 Å². The highest BCUT2D eigenvalue weighted by molar-refractivity contribution is 6.03. The Morgan fingerprint density at radius 1 is 0.487 bits per heavy atom. The fourth-order valence-corrected chi connectivity index (χ4v) is 5.43. The Labute approximate surface area is 224 Å². The Morgan fingerprint density at radius 3 is 2.18 bits per heavy atom. The summed E-state index contributed by atoms with van der Waals surface area (Å²) in [6, 6.07) is 37.4. The minimum absolute atomic E-state index is 0.868. The summed E-state index contributed by atoms with van der Waals surface area (Å²) in [7, 11) is 0. The summed E-state index contributed by atoms with van der Waals surface area (Å²) < 4.78 is 2.14. The van der Waals surface area contributed by atoms with Gasteiger partial charge in [-0.3, -0.25) is 14.4 Å². The maximum Gasteiger partial charge on any atom is 0.138 e. The largest absolute Gasteiger partial charge is 0.299 e. The molecule has 0 saturated carbocycles. The van der Waals surface area contributed by atoms with Crippen LogP contribution in [0, 0.1) is 0 Å². The minimum atomic E-state index is 0.868. The lowest BCUT2D eigenvalue weighted by Crippen LogP contribution is -1.92. The number of nitrogens with zero attached hydrogens (tertiary/aromatic N) is 5. The molecule has 5 aromatic heterocycles. The number of hydrogen-bond donors (Lipinski definition) is 0. The predicted molar refractivity (Wildman–Crippen MR) is 157 cm³/mol. The van der Waals surface area contributed by atoms with Crippen LogP contribution in [-0.4, -0.2) is 24.3 Å². The van der Waals surface area contributed by atoms with E-state index in [-0.39, 0.29) is 0 Å². The maximum atomic E-state index is 5.03. The van der Waals surface area contributed by atoms with Gasteiger partial charge in [-0.15, -0.1) is 0 Å². The van der Waals surface area contributed by atoms with Crippen LogP contribution in [-0.2, 0) is 0 Å². The molecule has 0 fully saturated rings. The van der Waals surface area contributed by atoms with Gasteiger partial charge in [-0.25, -0.2) is 9.97 Å². The number of imidazole rings is 1. The summed E-state index contributed by atoms with van der Waals surface area (Å²) in [5, 5.41) is 4.40. The van der Waals surface area contributed by atoms with E-state index in [1.165, 1.54) is 0 Å². The van der Waals surface area contributed by atoms with Gasteiger partial charge in [0.2, 0.25) is 0 Å². The van der Waals surface area contributed by atoms with Crippen molar-refractivity contribution in [3.05, 3.63) is 128 Å². The summed E-state index contributed by atoms with van der Waals surface area (Å²) in [6.45, 7) is 0. The number of aromatic nitrogens is 5. The first-order valence-corrected chi connectivity index (χ1v) is 12.9. The van der Waals surface area contributed by atoms with Crippen molar-refractivity contribution in [2.24, 2.45) is 0 Å². The Bertz CT molecular complexity index is 2170. The normalized spacial score (nSPS) is 11.6. The summed E-state index contributed by atoms with van der Waals surface area (Å²) in [5.74, 6) is 0. The second-order valence-corrected chi connectivity index (χ2v) is 9.60. The fourth-order valence-electron chi connectivity index (χ4n) is 5.43. The SMILES string of the molecule is c1ccc2c(-c3nc4ccccn4c3-c3ccc(-c4ccc5ccc6cccnc6c5n4)cc3)nccc2c1.